The molecule has 1 rings (SSSR count). The van der Waals surface area contributed by atoms with Gasteiger partial charge in [0, 0.05) is 5.54 Å². The summed E-state index contributed by atoms with van der Waals surface area (Å²) in [5.74, 6) is 2.80. The smallest absolute Gasteiger partial charge is 0.00966 e. The SMILES string of the molecule is CC1CCCC(CC(C)CNC(C)(C)C)C1. The first-order chi connectivity index (χ1) is 7.37. The molecule has 1 aliphatic carbocycles. The van der Waals surface area contributed by atoms with E-state index in [0.29, 0.717) is 0 Å². The monoisotopic (exact) mass is 225 g/mol. The molecule has 1 nitrogen and oxygen atoms in total. The van der Waals surface area contributed by atoms with Crippen LogP contribution in [0.4, 0.5) is 0 Å². The van der Waals surface area contributed by atoms with Crippen molar-refractivity contribution in [1.29, 1.82) is 0 Å². The zero-order chi connectivity index (χ0) is 12.2. The Morgan fingerprint density at radius 3 is 2.50 bits per heavy atom. The average Bonchev–Trinajstić information content (AvgIpc) is 2.14. The normalized spacial score (nSPS) is 29.1. The van der Waals surface area contributed by atoms with E-state index in [1.807, 2.05) is 0 Å². The third-order valence-electron chi connectivity index (χ3n) is 3.76. The van der Waals surface area contributed by atoms with Crippen molar-refractivity contribution in [3.05, 3.63) is 0 Å². The van der Waals surface area contributed by atoms with Crippen LogP contribution in [0.1, 0.15) is 66.7 Å². The predicted molar refractivity (Wildman–Crippen MR) is 72.7 cm³/mol. The second-order valence-electron chi connectivity index (χ2n) is 7.11. The van der Waals surface area contributed by atoms with Crippen LogP contribution < -0.4 is 5.32 Å². The molecule has 3 unspecified atom stereocenters. The average molecular weight is 225 g/mol. The number of rotatable bonds is 4. The molecule has 0 aromatic carbocycles. The molecule has 0 aliphatic heterocycles. The predicted octanol–water partition coefficient (Wildman–Crippen LogP) is 4.23. The minimum Gasteiger partial charge on any atom is -0.312 e. The lowest BCUT2D eigenvalue weighted by molar-refractivity contribution is 0.235. The van der Waals surface area contributed by atoms with Crippen LogP contribution in [-0.4, -0.2) is 12.1 Å². The van der Waals surface area contributed by atoms with Crippen molar-refractivity contribution >= 4 is 0 Å². The fourth-order valence-corrected chi connectivity index (χ4v) is 2.91. The Bertz CT molecular complexity index is 192. The molecule has 0 aromatic heterocycles. The summed E-state index contributed by atoms with van der Waals surface area (Å²) in [7, 11) is 0. The molecule has 1 aliphatic rings. The summed E-state index contributed by atoms with van der Waals surface area (Å²) < 4.78 is 0. The third kappa shape index (κ3) is 5.89. The van der Waals surface area contributed by atoms with Crippen molar-refractivity contribution in [2.45, 2.75) is 72.3 Å². The second kappa shape index (κ2) is 6.05. The molecule has 0 heterocycles. The van der Waals surface area contributed by atoms with Crippen LogP contribution in [0.5, 0.6) is 0 Å². The minimum atomic E-state index is 0.272. The zero-order valence-corrected chi connectivity index (χ0v) is 12.0. The fourth-order valence-electron chi connectivity index (χ4n) is 2.91. The molecule has 16 heavy (non-hydrogen) atoms. The van der Waals surface area contributed by atoms with Gasteiger partial charge < -0.3 is 5.32 Å². The van der Waals surface area contributed by atoms with Gasteiger partial charge in [-0.05, 0) is 57.9 Å². The second-order valence-corrected chi connectivity index (χ2v) is 7.11. The summed E-state index contributed by atoms with van der Waals surface area (Å²) in [4.78, 5) is 0. The van der Waals surface area contributed by atoms with Gasteiger partial charge >= 0.3 is 0 Å². The van der Waals surface area contributed by atoms with Gasteiger partial charge in [0.2, 0.25) is 0 Å². The lowest BCUT2D eigenvalue weighted by Gasteiger charge is -2.30. The molecular weight excluding hydrogens is 194 g/mol. The van der Waals surface area contributed by atoms with E-state index in [9.17, 15) is 0 Å². The molecule has 1 fully saturated rings. The van der Waals surface area contributed by atoms with Gasteiger partial charge in [-0.1, -0.05) is 33.1 Å². The van der Waals surface area contributed by atoms with Crippen LogP contribution >= 0.6 is 0 Å². The Morgan fingerprint density at radius 2 is 1.94 bits per heavy atom. The number of nitrogens with one attached hydrogen (secondary N) is 1. The lowest BCUT2D eigenvalue weighted by Crippen LogP contribution is -2.39. The largest absolute Gasteiger partial charge is 0.312 e. The quantitative estimate of drug-likeness (QED) is 0.755. The van der Waals surface area contributed by atoms with E-state index < -0.39 is 0 Å². The van der Waals surface area contributed by atoms with Crippen molar-refractivity contribution in [2.24, 2.45) is 17.8 Å². The van der Waals surface area contributed by atoms with Crippen molar-refractivity contribution in [3.63, 3.8) is 0 Å². The highest BCUT2D eigenvalue weighted by Gasteiger charge is 2.21. The van der Waals surface area contributed by atoms with Crippen LogP contribution in [-0.2, 0) is 0 Å². The number of hydrogen-bond acceptors (Lipinski definition) is 1. The molecule has 1 saturated carbocycles. The Hall–Kier alpha value is -0.0400. The maximum absolute atomic E-state index is 3.62. The van der Waals surface area contributed by atoms with Gasteiger partial charge in [0.1, 0.15) is 0 Å². The Morgan fingerprint density at radius 1 is 1.25 bits per heavy atom. The molecule has 0 bridgehead atoms. The molecule has 1 heteroatoms. The van der Waals surface area contributed by atoms with E-state index >= 15 is 0 Å². The van der Waals surface area contributed by atoms with Crippen LogP contribution in [0.25, 0.3) is 0 Å². The van der Waals surface area contributed by atoms with Crippen LogP contribution in [0.3, 0.4) is 0 Å². The fraction of sp³-hybridized carbons (Fsp3) is 1.00. The molecule has 3 atom stereocenters. The Balaban J connectivity index is 2.20. The summed E-state index contributed by atoms with van der Waals surface area (Å²) in [6.45, 7) is 12.8. The minimum absolute atomic E-state index is 0.272. The molecule has 0 amide bonds. The highest BCUT2D eigenvalue weighted by Crippen LogP contribution is 2.32. The topological polar surface area (TPSA) is 12.0 Å². The molecule has 0 aromatic rings. The highest BCUT2D eigenvalue weighted by atomic mass is 14.9. The van der Waals surface area contributed by atoms with Crippen molar-refractivity contribution in [3.8, 4) is 0 Å². The first-order valence-electron chi connectivity index (χ1n) is 7.12. The Kier molecular flexibility index (Phi) is 5.30. The van der Waals surface area contributed by atoms with Crippen molar-refractivity contribution < 1.29 is 0 Å². The van der Waals surface area contributed by atoms with Crippen LogP contribution in [0.15, 0.2) is 0 Å². The summed E-state index contributed by atoms with van der Waals surface area (Å²) in [5, 5.41) is 3.62. The lowest BCUT2D eigenvalue weighted by atomic mass is 9.78. The summed E-state index contributed by atoms with van der Waals surface area (Å²) in [5.41, 5.74) is 0.272. The van der Waals surface area contributed by atoms with Gasteiger partial charge in [0.25, 0.3) is 0 Å². The van der Waals surface area contributed by atoms with Gasteiger partial charge in [0.05, 0.1) is 0 Å². The molecule has 0 radical (unpaired) electrons. The Labute approximate surface area is 102 Å². The van der Waals surface area contributed by atoms with Gasteiger partial charge in [0.15, 0.2) is 0 Å². The van der Waals surface area contributed by atoms with Crippen LogP contribution in [0, 0.1) is 17.8 Å². The molecular formula is C15H31N. The molecule has 96 valence electrons. The first-order valence-corrected chi connectivity index (χ1v) is 7.12. The third-order valence-corrected chi connectivity index (χ3v) is 3.76. The highest BCUT2D eigenvalue weighted by molar-refractivity contribution is 4.76. The number of hydrogen-bond donors (Lipinski definition) is 1. The van der Waals surface area contributed by atoms with Crippen molar-refractivity contribution in [2.75, 3.05) is 6.54 Å². The van der Waals surface area contributed by atoms with Gasteiger partial charge in [-0.2, -0.15) is 0 Å². The molecule has 0 spiro atoms. The van der Waals surface area contributed by atoms with Gasteiger partial charge in [-0.25, -0.2) is 0 Å². The summed E-state index contributed by atoms with van der Waals surface area (Å²) in [6.07, 6.45) is 7.30. The summed E-state index contributed by atoms with van der Waals surface area (Å²) in [6, 6.07) is 0. The van der Waals surface area contributed by atoms with E-state index in [4.69, 9.17) is 0 Å². The van der Waals surface area contributed by atoms with Crippen molar-refractivity contribution in [1.82, 2.24) is 5.32 Å². The van der Waals surface area contributed by atoms with Gasteiger partial charge in [-0.15, -0.1) is 0 Å². The molecule has 1 N–H and O–H groups in total. The van der Waals surface area contributed by atoms with E-state index in [1.165, 1.54) is 38.6 Å². The van der Waals surface area contributed by atoms with Gasteiger partial charge in [-0.3, -0.25) is 0 Å². The molecule has 0 saturated heterocycles. The maximum Gasteiger partial charge on any atom is 0.00966 e. The van der Waals surface area contributed by atoms with E-state index in [2.05, 4.69) is 39.9 Å². The van der Waals surface area contributed by atoms with E-state index in [1.54, 1.807) is 0 Å². The maximum atomic E-state index is 3.62. The summed E-state index contributed by atoms with van der Waals surface area (Å²) >= 11 is 0. The van der Waals surface area contributed by atoms with E-state index in [0.717, 1.165) is 17.8 Å². The first kappa shape index (κ1) is 14.0. The van der Waals surface area contributed by atoms with E-state index in [-0.39, 0.29) is 5.54 Å². The van der Waals surface area contributed by atoms with Crippen LogP contribution in [0.2, 0.25) is 0 Å². The zero-order valence-electron chi connectivity index (χ0n) is 12.0. The standard InChI is InChI=1S/C15H31N/c1-12-7-6-8-14(9-12)10-13(2)11-16-15(3,4)5/h12-14,16H,6-11H2,1-5H3.